The first-order valence-corrected chi connectivity index (χ1v) is 7.04. The maximum atomic E-state index is 6.09. The number of hydrogen-bond acceptors (Lipinski definition) is 7. The molecule has 0 saturated carbocycles. The Morgan fingerprint density at radius 1 is 0.895 bits per heavy atom. The van der Waals surface area contributed by atoms with Crippen LogP contribution in [0.15, 0.2) is 0 Å². The van der Waals surface area contributed by atoms with Gasteiger partial charge in [-0.25, -0.2) is 0 Å². The molecule has 2 spiro atoms. The van der Waals surface area contributed by atoms with E-state index in [1.807, 2.05) is 0 Å². The summed E-state index contributed by atoms with van der Waals surface area (Å²) in [5.41, 5.74) is 0. The van der Waals surface area contributed by atoms with Crippen LogP contribution in [0.2, 0.25) is 0 Å². The van der Waals surface area contributed by atoms with E-state index in [0.29, 0.717) is 13.2 Å². The minimum absolute atomic E-state index is 0.557. The average Bonchev–Trinajstić information content (AvgIpc) is 3.25. The van der Waals surface area contributed by atoms with Crippen LogP contribution in [0.25, 0.3) is 0 Å². The van der Waals surface area contributed by atoms with E-state index in [4.69, 9.17) is 23.7 Å². The first-order chi connectivity index (χ1) is 9.16. The van der Waals surface area contributed by atoms with Gasteiger partial charge in [0.05, 0.1) is 0 Å². The van der Waals surface area contributed by atoms with Crippen molar-refractivity contribution in [2.75, 3.05) is 26.3 Å². The monoisotopic (exact) mass is 272 g/mol. The lowest BCUT2D eigenvalue weighted by atomic mass is 10.3. The SMILES string of the molecule is CCCNC1(OC2(NCCC)OC23CO3)OC12CO2. The largest absolute Gasteiger partial charge is 0.336 e. The molecule has 0 radical (unpaired) electrons. The minimum atomic E-state index is -0.890. The molecule has 4 heterocycles. The van der Waals surface area contributed by atoms with Crippen molar-refractivity contribution in [3.05, 3.63) is 0 Å². The summed E-state index contributed by atoms with van der Waals surface area (Å²) in [5.74, 6) is -2.99. The topological polar surface area (TPSA) is 83.4 Å². The Balaban J connectivity index is 1.46. The number of nitrogens with one attached hydrogen (secondary N) is 2. The molecule has 4 fully saturated rings. The van der Waals surface area contributed by atoms with Gasteiger partial charge < -0.3 is 9.47 Å². The van der Waals surface area contributed by atoms with Gasteiger partial charge in [-0.3, -0.25) is 24.8 Å². The molecule has 0 bridgehead atoms. The summed E-state index contributed by atoms with van der Waals surface area (Å²) < 4.78 is 28.1. The van der Waals surface area contributed by atoms with E-state index in [-0.39, 0.29) is 0 Å². The second kappa shape index (κ2) is 3.67. The van der Waals surface area contributed by atoms with Crippen LogP contribution in [0.5, 0.6) is 0 Å². The standard InChI is InChI=1S/C12H20N2O5/c1-3-5-13-11(9(17-11)7-15-9)19-12(14-6-4-2)10(18-12)8-16-10/h13-14H,3-8H2,1-2H3. The van der Waals surface area contributed by atoms with E-state index in [2.05, 4.69) is 24.5 Å². The highest BCUT2D eigenvalue weighted by Gasteiger charge is 2.91. The van der Waals surface area contributed by atoms with E-state index >= 15 is 0 Å². The predicted octanol–water partition coefficient (Wildman–Crippen LogP) is -0.177. The van der Waals surface area contributed by atoms with Gasteiger partial charge in [-0.2, -0.15) is 0 Å². The Morgan fingerprint density at radius 2 is 1.32 bits per heavy atom. The molecule has 0 aliphatic carbocycles. The number of rotatable bonds is 8. The molecule has 108 valence electrons. The van der Waals surface area contributed by atoms with E-state index in [1.165, 1.54) is 0 Å². The molecule has 7 heteroatoms. The number of epoxide rings is 4. The summed E-state index contributed by atoms with van der Waals surface area (Å²) in [7, 11) is 0. The maximum absolute atomic E-state index is 6.09. The van der Waals surface area contributed by atoms with Crippen molar-refractivity contribution in [1.82, 2.24) is 10.6 Å². The molecule has 19 heavy (non-hydrogen) atoms. The lowest BCUT2D eigenvalue weighted by Crippen LogP contribution is -2.50. The first-order valence-electron chi connectivity index (χ1n) is 7.04. The van der Waals surface area contributed by atoms with E-state index < -0.39 is 23.4 Å². The summed E-state index contributed by atoms with van der Waals surface area (Å²) >= 11 is 0. The third kappa shape index (κ3) is 1.64. The molecular weight excluding hydrogens is 252 g/mol. The van der Waals surface area contributed by atoms with Gasteiger partial charge in [0.2, 0.25) is 0 Å². The predicted molar refractivity (Wildman–Crippen MR) is 62.7 cm³/mol. The molecule has 0 amide bonds. The third-order valence-corrected chi connectivity index (χ3v) is 3.85. The molecule has 0 aromatic carbocycles. The molecule has 4 aliphatic heterocycles. The van der Waals surface area contributed by atoms with Gasteiger partial charge >= 0.3 is 0 Å². The lowest BCUT2D eigenvalue weighted by molar-refractivity contribution is -0.181. The second-order valence-electron chi connectivity index (χ2n) is 5.48. The fraction of sp³-hybridized carbons (Fsp3) is 1.00. The van der Waals surface area contributed by atoms with Crippen LogP contribution >= 0.6 is 0 Å². The molecule has 2 N–H and O–H groups in total. The van der Waals surface area contributed by atoms with Gasteiger partial charge in [-0.05, 0) is 25.9 Å². The summed E-state index contributed by atoms with van der Waals surface area (Å²) in [6, 6.07) is 0. The van der Waals surface area contributed by atoms with Crippen molar-refractivity contribution in [3.63, 3.8) is 0 Å². The van der Waals surface area contributed by atoms with Crippen LogP contribution in [-0.2, 0) is 23.7 Å². The van der Waals surface area contributed by atoms with Crippen LogP contribution in [0.1, 0.15) is 26.7 Å². The Kier molecular flexibility index (Phi) is 2.41. The molecule has 4 unspecified atom stereocenters. The summed E-state index contributed by atoms with van der Waals surface area (Å²) in [6.07, 6.45) is 1.98. The van der Waals surface area contributed by atoms with Crippen LogP contribution in [-0.4, -0.2) is 49.7 Å². The summed E-state index contributed by atoms with van der Waals surface area (Å²) in [6.45, 7) is 6.88. The van der Waals surface area contributed by atoms with Gasteiger partial charge in [0.1, 0.15) is 13.2 Å². The quantitative estimate of drug-likeness (QED) is 0.468. The molecule has 4 rings (SSSR count). The maximum Gasteiger partial charge on any atom is 0.293 e. The zero-order valence-corrected chi connectivity index (χ0v) is 11.3. The van der Waals surface area contributed by atoms with Crippen LogP contribution in [0.4, 0.5) is 0 Å². The van der Waals surface area contributed by atoms with Crippen molar-refractivity contribution in [2.24, 2.45) is 0 Å². The zero-order chi connectivity index (χ0) is 13.2. The van der Waals surface area contributed by atoms with Gasteiger partial charge in [0, 0.05) is 0 Å². The molecule has 4 atom stereocenters. The lowest BCUT2D eigenvalue weighted by Gasteiger charge is -2.20. The Hall–Kier alpha value is -0.280. The Labute approximate surface area is 111 Å². The van der Waals surface area contributed by atoms with Gasteiger partial charge in [0.15, 0.2) is 0 Å². The normalized spacial score (nSPS) is 52.7. The van der Waals surface area contributed by atoms with Crippen LogP contribution in [0, 0.1) is 0 Å². The molecule has 0 aromatic heterocycles. The van der Waals surface area contributed by atoms with Crippen LogP contribution < -0.4 is 10.6 Å². The number of ether oxygens (including phenoxy) is 5. The van der Waals surface area contributed by atoms with Crippen molar-refractivity contribution in [3.8, 4) is 0 Å². The molecule has 7 nitrogen and oxygen atoms in total. The van der Waals surface area contributed by atoms with Crippen molar-refractivity contribution in [1.29, 1.82) is 0 Å². The average molecular weight is 272 g/mol. The summed E-state index contributed by atoms with van der Waals surface area (Å²) in [4.78, 5) is 0. The van der Waals surface area contributed by atoms with Crippen molar-refractivity contribution < 1.29 is 23.7 Å². The third-order valence-electron chi connectivity index (χ3n) is 3.85. The highest BCUT2D eigenvalue weighted by atomic mass is 17.0. The summed E-state index contributed by atoms with van der Waals surface area (Å²) in [5, 5.41) is 6.53. The van der Waals surface area contributed by atoms with E-state index in [1.54, 1.807) is 0 Å². The zero-order valence-electron chi connectivity index (χ0n) is 11.3. The fourth-order valence-electron chi connectivity index (χ4n) is 2.43. The Morgan fingerprint density at radius 3 is 1.58 bits per heavy atom. The van der Waals surface area contributed by atoms with Crippen molar-refractivity contribution >= 4 is 0 Å². The number of hydrogen-bond donors (Lipinski definition) is 2. The molecule has 4 aliphatic rings. The minimum Gasteiger partial charge on any atom is -0.336 e. The van der Waals surface area contributed by atoms with Gasteiger partial charge in [-0.1, -0.05) is 13.8 Å². The van der Waals surface area contributed by atoms with E-state index in [0.717, 1.165) is 25.9 Å². The molecule has 4 saturated heterocycles. The second-order valence-corrected chi connectivity index (χ2v) is 5.48. The van der Waals surface area contributed by atoms with E-state index in [9.17, 15) is 0 Å². The fourth-order valence-corrected chi connectivity index (χ4v) is 2.43. The van der Waals surface area contributed by atoms with Gasteiger partial charge in [-0.15, -0.1) is 0 Å². The molecule has 0 aromatic rings. The Bertz CT molecular complexity index is 362. The highest BCUT2D eigenvalue weighted by molar-refractivity contribution is 5.16. The van der Waals surface area contributed by atoms with Crippen molar-refractivity contribution in [2.45, 2.75) is 50.1 Å². The van der Waals surface area contributed by atoms with Crippen LogP contribution in [0.3, 0.4) is 0 Å². The molecular formula is C12H20N2O5. The highest BCUT2D eigenvalue weighted by Crippen LogP contribution is 2.65. The first kappa shape index (κ1) is 12.5. The van der Waals surface area contributed by atoms with Gasteiger partial charge in [0.25, 0.3) is 23.4 Å². The smallest absolute Gasteiger partial charge is 0.293 e.